The molecule has 2 N–H and O–H groups in total. The van der Waals surface area contributed by atoms with Gasteiger partial charge in [0, 0.05) is 6.42 Å². The highest BCUT2D eigenvalue weighted by atomic mass is 16.7. The number of aliphatic hydroxyl groups excluding tert-OH is 1. The number of aliphatic carboxylic acids is 1. The van der Waals surface area contributed by atoms with Crippen molar-refractivity contribution < 1.29 is 24.5 Å². The van der Waals surface area contributed by atoms with Crippen LogP contribution >= 0.6 is 0 Å². The first-order valence-electron chi connectivity index (χ1n) is 12.8. The van der Waals surface area contributed by atoms with E-state index in [0.717, 1.165) is 64.2 Å². The minimum atomic E-state index is -1.04. The van der Waals surface area contributed by atoms with Gasteiger partial charge in [0.05, 0.1) is 13.2 Å². The summed E-state index contributed by atoms with van der Waals surface area (Å²) in [7, 11) is 0. The largest absolute Gasteiger partial charge is 0.480 e. The molecule has 0 radical (unpaired) electrons. The van der Waals surface area contributed by atoms with Gasteiger partial charge in [-0.25, -0.2) is 0 Å². The molecule has 0 bridgehead atoms. The zero-order valence-corrected chi connectivity index (χ0v) is 20.6. The maximum atomic E-state index is 13.0. The second-order valence-electron chi connectivity index (χ2n) is 10.4. The quantitative estimate of drug-likeness (QED) is 0.230. The van der Waals surface area contributed by atoms with Gasteiger partial charge < -0.3 is 19.7 Å². The van der Waals surface area contributed by atoms with E-state index in [1.165, 1.54) is 6.42 Å². The molecular formula is C27H46O5. The lowest BCUT2D eigenvalue weighted by molar-refractivity contribution is -0.171. The van der Waals surface area contributed by atoms with Crippen molar-refractivity contribution in [2.75, 3.05) is 13.2 Å². The number of aliphatic hydroxyl groups is 1. The van der Waals surface area contributed by atoms with Crippen LogP contribution in [0.1, 0.15) is 104 Å². The monoisotopic (exact) mass is 450 g/mol. The third kappa shape index (κ3) is 7.62. The van der Waals surface area contributed by atoms with Crippen LogP contribution in [0.4, 0.5) is 0 Å². The maximum absolute atomic E-state index is 13.0. The number of rotatable bonds is 14. The van der Waals surface area contributed by atoms with Gasteiger partial charge in [0.15, 0.2) is 6.29 Å². The van der Waals surface area contributed by atoms with E-state index in [0.29, 0.717) is 25.2 Å². The smallest absolute Gasteiger partial charge is 0.317 e. The maximum Gasteiger partial charge on any atom is 0.317 e. The average molecular weight is 451 g/mol. The summed E-state index contributed by atoms with van der Waals surface area (Å²) >= 11 is 0. The van der Waals surface area contributed by atoms with Crippen molar-refractivity contribution in [3.63, 3.8) is 0 Å². The van der Waals surface area contributed by atoms with Gasteiger partial charge >= 0.3 is 5.97 Å². The minimum absolute atomic E-state index is 0.0236. The Morgan fingerprint density at radius 2 is 1.81 bits per heavy atom. The number of carbonyl (C=O) groups is 1. The van der Waals surface area contributed by atoms with Crippen LogP contribution in [0.3, 0.4) is 0 Å². The number of ether oxygens (including phenoxy) is 2. The van der Waals surface area contributed by atoms with Gasteiger partial charge in [-0.15, -0.1) is 0 Å². The number of carboxylic acid groups (broad SMARTS) is 1. The average Bonchev–Trinajstić information content (AvgIpc) is 3.31. The number of allylic oxidation sites excluding steroid dienone is 2. The predicted octanol–water partition coefficient (Wildman–Crippen LogP) is 6.61. The molecule has 2 atom stereocenters. The van der Waals surface area contributed by atoms with Gasteiger partial charge in [0.2, 0.25) is 0 Å². The lowest BCUT2D eigenvalue weighted by Crippen LogP contribution is -2.42. The summed E-state index contributed by atoms with van der Waals surface area (Å²) in [6.45, 7) is 7.37. The van der Waals surface area contributed by atoms with Gasteiger partial charge in [-0.3, -0.25) is 4.79 Å². The number of unbranched alkanes of at least 4 members (excludes halogenated alkanes) is 1. The Bertz CT molecular complexity index is 612. The molecule has 0 aromatic heterocycles. The highest BCUT2D eigenvalue weighted by Gasteiger charge is 2.51. The van der Waals surface area contributed by atoms with Crippen LogP contribution < -0.4 is 0 Å². The second-order valence-corrected chi connectivity index (χ2v) is 10.4. The van der Waals surface area contributed by atoms with Crippen LogP contribution in [-0.2, 0) is 14.3 Å². The van der Waals surface area contributed by atoms with Crippen LogP contribution in [0, 0.1) is 16.7 Å². The number of carboxylic acids is 1. The zero-order chi connectivity index (χ0) is 23.5. The molecule has 184 valence electrons. The summed E-state index contributed by atoms with van der Waals surface area (Å²) in [4.78, 5) is 13.0. The Morgan fingerprint density at radius 3 is 2.41 bits per heavy atom. The molecule has 0 aromatic carbocycles. The standard InChI is InChI=1S/C27H46O5/c1-4-5-17-26(2,3)19-16-23(32-24-15-9-12-21-31-24)27(25(29)30,18-10-6-11-20-28)22-13-7-8-14-22/h6,11,16,22,24,28H,4-5,7-10,12-15,17-21H2,1-3H3,(H,29,30)/b11-6-,23-16+/t24?,27-/m1/s1. The summed E-state index contributed by atoms with van der Waals surface area (Å²) in [5, 5.41) is 19.8. The van der Waals surface area contributed by atoms with E-state index in [-0.39, 0.29) is 24.2 Å². The SMILES string of the molecule is CCCCC(C)(C)C/C=C(/OC1CCCCO1)[C@](CC/C=C\CO)(C(=O)O)C1CCCC1. The van der Waals surface area contributed by atoms with Crippen LogP contribution in [0.25, 0.3) is 0 Å². The van der Waals surface area contributed by atoms with E-state index in [1.54, 1.807) is 6.08 Å². The summed E-state index contributed by atoms with van der Waals surface area (Å²) < 4.78 is 12.4. The molecule has 1 saturated heterocycles. The molecule has 1 heterocycles. The Labute approximate surface area is 195 Å². The molecule has 5 nitrogen and oxygen atoms in total. The fourth-order valence-electron chi connectivity index (χ4n) is 5.24. The van der Waals surface area contributed by atoms with Crippen molar-refractivity contribution in [1.29, 1.82) is 0 Å². The van der Waals surface area contributed by atoms with E-state index in [4.69, 9.17) is 14.6 Å². The van der Waals surface area contributed by atoms with Crippen molar-refractivity contribution in [2.45, 2.75) is 111 Å². The summed E-state index contributed by atoms with van der Waals surface area (Å²) in [5.74, 6) is -0.0999. The summed E-state index contributed by atoms with van der Waals surface area (Å²) in [5.41, 5.74) is -0.952. The van der Waals surface area contributed by atoms with Crippen molar-refractivity contribution in [3.05, 3.63) is 24.0 Å². The van der Waals surface area contributed by atoms with Crippen molar-refractivity contribution in [1.82, 2.24) is 0 Å². The molecule has 0 aromatic rings. The molecule has 2 rings (SSSR count). The van der Waals surface area contributed by atoms with E-state index in [9.17, 15) is 9.90 Å². The van der Waals surface area contributed by atoms with E-state index in [1.807, 2.05) is 6.08 Å². The Balaban J connectivity index is 2.41. The van der Waals surface area contributed by atoms with Crippen molar-refractivity contribution >= 4 is 5.97 Å². The summed E-state index contributed by atoms with van der Waals surface area (Å²) in [6.07, 6.45) is 17.5. The van der Waals surface area contributed by atoms with E-state index < -0.39 is 11.4 Å². The minimum Gasteiger partial charge on any atom is -0.480 e. The van der Waals surface area contributed by atoms with E-state index in [2.05, 4.69) is 26.8 Å². The fourth-order valence-corrected chi connectivity index (χ4v) is 5.24. The summed E-state index contributed by atoms with van der Waals surface area (Å²) in [6, 6.07) is 0. The van der Waals surface area contributed by atoms with Crippen LogP contribution in [0.15, 0.2) is 24.0 Å². The molecule has 1 saturated carbocycles. The lowest BCUT2D eigenvalue weighted by Gasteiger charge is -2.39. The molecule has 0 amide bonds. The highest BCUT2D eigenvalue weighted by Crippen LogP contribution is 2.50. The predicted molar refractivity (Wildman–Crippen MR) is 128 cm³/mol. The van der Waals surface area contributed by atoms with Gasteiger partial charge in [0.25, 0.3) is 0 Å². The molecule has 1 aliphatic carbocycles. The number of hydrogen-bond acceptors (Lipinski definition) is 4. The zero-order valence-electron chi connectivity index (χ0n) is 20.6. The van der Waals surface area contributed by atoms with Gasteiger partial charge in [-0.05, 0) is 68.8 Å². The van der Waals surface area contributed by atoms with E-state index >= 15 is 0 Å². The number of hydrogen-bond donors (Lipinski definition) is 2. The first-order valence-corrected chi connectivity index (χ1v) is 12.8. The Hall–Kier alpha value is -1.33. The van der Waals surface area contributed by atoms with Crippen molar-refractivity contribution in [2.24, 2.45) is 16.7 Å². The molecule has 32 heavy (non-hydrogen) atoms. The first kappa shape index (κ1) is 26.9. The molecule has 2 fully saturated rings. The second kappa shape index (κ2) is 13.4. The van der Waals surface area contributed by atoms with Crippen molar-refractivity contribution in [3.8, 4) is 0 Å². The van der Waals surface area contributed by atoms with Gasteiger partial charge in [-0.1, -0.05) is 58.6 Å². The first-order chi connectivity index (χ1) is 15.4. The van der Waals surface area contributed by atoms with Crippen LogP contribution in [0.5, 0.6) is 0 Å². The molecule has 1 aliphatic heterocycles. The van der Waals surface area contributed by atoms with Gasteiger partial charge in [-0.2, -0.15) is 0 Å². The normalized spacial score (nSPS) is 22.9. The van der Waals surface area contributed by atoms with Gasteiger partial charge in [0.1, 0.15) is 11.2 Å². The highest BCUT2D eigenvalue weighted by molar-refractivity contribution is 5.78. The third-order valence-electron chi connectivity index (χ3n) is 7.29. The molecular weight excluding hydrogens is 404 g/mol. The Morgan fingerprint density at radius 1 is 1.09 bits per heavy atom. The lowest BCUT2D eigenvalue weighted by atomic mass is 9.68. The topological polar surface area (TPSA) is 76.0 Å². The molecule has 1 unspecified atom stereocenters. The fraction of sp³-hybridized carbons (Fsp3) is 0.815. The van der Waals surface area contributed by atoms with Crippen LogP contribution in [0.2, 0.25) is 0 Å². The molecule has 5 heteroatoms. The van der Waals surface area contributed by atoms with Crippen LogP contribution in [-0.4, -0.2) is 35.7 Å². The Kier molecular flexibility index (Phi) is 11.3. The molecule has 2 aliphatic rings. The molecule has 0 spiro atoms. The third-order valence-corrected chi connectivity index (χ3v) is 7.29.